The number of aliphatic hydroxyl groups is 1. The number of rotatable bonds is 1. The third-order valence-corrected chi connectivity index (χ3v) is 3.25. The summed E-state index contributed by atoms with van der Waals surface area (Å²) in [5.74, 6) is 1.40. The van der Waals surface area contributed by atoms with Crippen LogP contribution in [0.2, 0.25) is 0 Å². The fourth-order valence-electron chi connectivity index (χ4n) is 2.02. The molecular formula is C11H14OS. The van der Waals surface area contributed by atoms with Crippen LogP contribution in [-0.4, -0.2) is 10.9 Å². The highest BCUT2D eigenvalue weighted by atomic mass is 32.1. The average molecular weight is 194 g/mol. The molecule has 2 atom stereocenters. The van der Waals surface area contributed by atoms with Crippen LogP contribution in [-0.2, 0) is 6.42 Å². The monoisotopic (exact) mass is 194 g/mol. The van der Waals surface area contributed by atoms with Gasteiger partial charge in [0.2, 0.25) is 0 Å². The molecule has 0 bridgehead atoms. The van der Waals surface area contributed by atoms with Gasteiger partial charge in [0, 0.05) is 0 Å². The number of benzene rings is 1. The Hall–Kier alpha value is -0.470. The standard InChI is InChI=1S/C11H14OS/c12-11-6-8(7-13)5-9-3-1-2-4-10(9)11/h1-4,8,11-13H,5-7H2. The maximum atomic E-state index is 9.83. The van der Waals surface area contributed by atoms with Gasteiger partial charge in [-0.2, -0.15) is 12.6 Å². The molecule has 0 heterocycles. The first kappa shape index (κ1) is 9.10. The topological polar surface area (TPSA) is 20.2 Å². The van der Waals surface area contributed by atoms with Gasteiger partial charge in [0.1, 0.15) is 0 Å². The van der Waals surface area contributed by atoms with Gasteiger partial charge < -0.3 is 5.11 Å². The van der Waals surface area contributed by atoms with E-state index in [9.17, 15) is 5.11 Å². The van der Waals surface area contributed by atoms with Crippen LogP contribution in [0.25, 0.3) is 0 Å². The van der Waals surface area contributed by atoms with Crippen LogP contribution >= 0.6 is 12.6 Å². The fourth-order valence-corrected chi connectivity index (χ4v) is 2.30. The summed E-state index contributed by atoms with van der Waals surface area (Å²) < 4.78 is 0. The second kappa shape index (κ2) is 3.72. The van der Waals surface area contributed by atoms with Gasteiger partial charge in [-0.05, 0) is 35.6 Å². The molecule has 0 fully saturated rings. The molecule has 2 heteroatoms. The van der Waals surface area contributed by atoms with Crippen LogP contribution < -0.4 is 0 Å². The predicted molar refractivity (Wildman–Crippen MR) is 57.1 cm³/mol. The Balaban J connectivity index is 2.31. The SMILES string of the molecule is OC1CC(CS)Cc2ccccc21. The van der Waals surface area contributed by atoms with Crippen LogP contribution in [0.5, 0.6) is 0 Å². The van der Waals surface area contributed by atoms with Gasteiger partial charge in [-0.15, -0.1) is 0 Å². The van der Waals surface area contributed by atoms with Crippen LogP contribution in [0.3, 0.4) is 0 Å². The first-order valence-corrected chi connectivity index (χ1v) is 5.31. The number of hydrogen-bond acceptors (Lipinski definition) is 2. The maximum Gasteiger partial charge on any atom is 0.0795 e. The lowest BCUT2D eigenvalue weighted by Crippen LogP contribution is -2.19. The fraction of sp³-hybridized carbons (Fsp3) is 0.455. The zero-order chi connectivity index (χ0) is 9.26. The molecule has 1 aliphatic carbocycles. The van der Waals surface area contributed by atoms with Crippen LogP contribution in [0, 0.1) is 5.92 Å². The molecule has 0 spiro atoms. The Labute approximate surface area is 84.2 Å². The Morgan fingerprint density at radius 3 is 2.92 bits per heavy atom. The summed E-state index contributed by atoms with van der Waals surface area (Å²) in [5, 5.41) is 9.83. The largest absolute Gasteiger partial charge is 0.388 e. The van der Waals surface area contributed by atoms with Crippen molar-refractivity contribution in [3.63, 3.8) is 0 Å². The first-order chi connectivity index (χ1) is 6.31. The minimum atomic E-state index is -0.276. The quantitative estimate of drug-likeness (QED) is 0.657. The third-order valence-electron chi connectivity index (χ3n) is 2.74. The van der Waals surface area contributed by atoms with E-state index in [1.54, 1.807) is 0 Å². The van der Waals surface area contributed by atoms with Crippen LogP contribution in [0.15, 0.2) is 24.3 Å². The Kier molecular flexibility index (Phi) is 2.61. The Bertz CT molecular complexity index is 298. The summed E-state index contributed by atoms with van der Waals surface area (Å²) >= 11 is 4.28. The van der Waals surface area contributed by atoms with Crippen molar-refractivity contribution in [2.75, 3.05) is 5.75 Å². The van der Waals surface area contributed by atoms with E-state index in [0.717, 1.165) is 24.2 Å². The van der Waals surface area contributed by atoms with E-state index in [4.69, 9.17) is 0 Å². The van der Waals surface area contributed by atoms with E-state index in [2.05, 4.69) is 18.7 Å². The molecule has 1 aliphatic rings. The van der Waals surface area contributed by atoms with Crippen LogP contribution in [0.1, 0.15) is 23.7 Å². The summed E-state index contributed by atoms with van der Waals surface area (Å²) in [7, 11) is 0. The zero-order valence-electron chi connectivity index (χ0n) is 7.48. The van der Waals surface area contributed by atoms with Crippen molar-refractivity contribution in [2.45, 2.75) is 18.9 Å². The van der Waals surface area contributed by atoms with Gasteiger partial charge in [0.15, 0.2) is 0 Å². The van der Waals surface area contributed by atoms with Crippen molar-refractivity contribution < 1.29 is 5.11 Å². The van der Waals surface area contributed by atoms with Crippen molar-refractivity contribution in [2.24, 2.45) is 5.92 Å². The molecule has 1 aromatic carbocycles. The summed E-state index contributed by atoms with van der Waals surface area (Å²) in [6, 6.07) is 8.15. The summed E-state index contributed by atoms with van der Waals surface area (Å²) in [6.45, 7) is 0. The van der Waals surface area contributed by atoms with Gasteiger partial charge in [-0.25, -0.2) is 0 Å². The molecule has 70 valence electrons. The van der Waals surface area contributed by atoms with Gasteiger partial charge >= 0.3 is 0 Å². The second-order valence-corrected chi connectivity index (χ2v) is 4.07. The third kappa shape index (κ3) is 1.74. The van der Waals surface area contributed by atoms with E-state index >= 15 is 0 Å². The van der Waals surface area contributed by atoms with Crippen molar-refractivity contribution in [3.05, 3.63) is 35.4 Å². The molecule has 13 heavy (non-hydrogen) atoms. The van der Waals surface area contributed by atoms with Crippen molar-refractivity contribution in [3.8, 4) is 0 Å². The molecule has 0 aromatic heterocycles. The Morgan fingerprint density at radius 2 is 2.15 bits per heavy atom. The molecule has 0 amide bonds. The highest BCUT2D eigenvalue weighted by molar-refractivity contribution is 7.80. The lowest BCUT2D eigenvalue weighted by Gasteiger charge is -2.27. The summed E-state index contributed by atoms with van der Waals surface area (Å²) in [5.41, 5.74) is 2.40. The van der Waals surface area contributed by atoms with E-state index in [-0.39, 0.29) is 6.10 Å². The highest BCUT2D eigenvalue weighted by Crippen LogP contribution is 2.33. The normalized spacial score (nSPS) is 26.9. The lowest BCUT2D eigenvalue weighted by molar-refractivity contribution is 0.137. The summed E-state index contributed by atoms with van der Waals surface area (Å²) in [4.78, 5) is 0. The van der Waals surface area contributed by atoms with Gasteiger partial charge in [-0.3, -0.25) is 0 Å². The van der Waals surface area contributed by atoms with Gasteiger partial charge in [-0.1, -0.05) is 24.3 Å². The minimum Gasteiger partial charge on any atom is -0.388 e. The molecule has 1 nitrogen and oxygen atoms in total. The number of hydrogen-bond donors (Lipinski definition) is 2. The maximum absolute atomic E-state index is 9.83. The molecule has 1 N–H and O–H groups in total. The van der Waals surface area contributed by atoms with Crippen molar-refractivity contribution >= 4 is 12.6 Å². The lowest BCUT2D eigenvalue weighted by atomic mass is 9.83. The predicted octanol–water partition coefficient (Wildman–Crippen LogP) is 2.21. The van der Waals surface area contributed by atoms with E-state index in [0.29, 0.717) is 5.92 Å². The second-order valence-electron chi connectivity index (χ2n) is 3.70. The van der Waals surface area contributed by atoms with E-state index < -0.39 is 0 Å². The van der Waals surface area contributed by atoms with Crippen LogP contribution in [0.4, 0.5) is 0 Å². The molecular weight excluding hydrogens is 180 g/mol. The van der Waals surface area contributed by atoms with Gasteiger partial charge in [0.25, 0.3) is 0 Å². The first-order valence-electron chi connectivity index (χ1n) is 4.68. The Morgan fingerprint density at radius 1 is 1.38 bits per heavy atom. The smallest absolute Gasteiger partial charge is 0.0795 e. The van der Waals surface area contributed by atoms with Gasteiger partial charge in [0.05, 0.1) is 6.10 Å². The molecule has 2 rings (SSSR count). The molecule has 2 unspecified atom stereocenters. The summed E-state index contributed by atoms with van der Waals surface area (Å²) in [6.07, 6.45) is 1.65. The van der Waals surface area contributed by atoms with E-state index in [1.165, 1.54) is 5.56 Å². The van der Waals surface area contributed by atoms with Crippen molar-refractivity contribution in [1.29, 1.82) is 0 Å². The minimum absolute atomic E-state index is 0.276. The number of thiol groups is 1. The highest BCUT2D eigenvalue weighted by Gasteiger charge is 2.23. The number of fused-ring (bicyclic) bond motifs is 1. The van der Waals surface area contributed by atoms with E-state index in [1.807, 2.05) is 18.2 Å². The molecule has 0 saturated heterocycles. The van der Waals surface area contributed by atoms with Crippen molar-refractivity contribution in [1.82, 2.24) is 0 Å². The average Bonchev–Trinajstić information content (AvgIpc) is 2.18. The molecule has 0 aliphatic heterocycles. The molecule has 1 aromatic rings. The molecule has 0 radical (unpaired) electrons. The number of aliphatic hydroxyl groups excluding tert-OH is 1. The zero-order valence-corrected chi connectivity index (χ0v) is 8.37. The molecule has 0 saturated carbocycles.